The lowest BCUT2D eigenvalue weighted by atomic mass is 9.99. The Labute approximate surface area is 176 Å². The topological polar surface area (TPSA) is 66.5 Å². The van der Waals surface area contributed by atoms with E-state index in [2.05, 4.69) is 21.2 Å². The first-order valence-electron chi connectivity index (χ1n) is 8.29. The van der Waals surface area contributed by atoms with Crippen molar-refractivity contribution >= 4 is 60.7 Å². The van der Waals surface area contributed by atoms with Crippen molar-refractivity contribution in [2.45, 2.75) is 17.7 Å². The molecule has 0 aromatic heterocycles. The summed E-state index contributed by atoms with van der Waals surface area (Å²) < 4.78 is 28.0. The van der Waals surface area contributed by atoms with E-state index in [4.69, 9.17) is 23.2 Å². The maximum absolute atomic E-state index is 13.0. The van der Waals surface area contributed by atoms with Crippen LogP contribution in [0.2, 0.25) is 10.0 Å². The van der Waals surface area contributed by atoms with Crippen LogP contribution in [0.5, 0.6) is 0 Å². The predicted molar refractivity (Wildman–Crippen MR) is 111 cm³/mol. The van der Waals surface area contributed by atoms with Gasteiger partial charge in [0.05, 0.1) is 16.6 Å². The molecule has 2 aromatic carbocycles. The van der Waals surface area contributed by atoms with E-state index < -0.39 is 15.9 Å². The van der Waals surface area contributed by atoms with Gasteiger partial charge in [-0.05, 0) is 59.1 Å². The quantitative estimate of drug-likeness (QED) is 0.668. The smallest absolute Gasteiger partial charge is 0.244 e. The van der Waals surface area contributed by atoms with Crippen molar-refractivity contribution < 1.29 is 13.2 Å². The van der Waals surface area contributed by atoms with Gasteiger partial charge in [0, 0.05) is 22.6 Å². The molecular formula is C18H17BrCl2N2O3S. The molecule has 0 saturated carbocycles. The summed E-state index contributed by atoms with van der Waals surface area (Å²) in [7, 11) is -3.83. The van der Waals surface area contributed by atoms with Gasteiger partial charge in [-0.2, -0.15) is 4.31 Å². The molecule has 1 amide bonds. The highest BCUT2D eigenvalue weighted by molar-refractivity contribution is 9.10. The molecule has 1 fully saturated rings. The van der Waals surface area contributed by atoms with Crippen molar-refractivity contribution in [2.75, 3.05) is 18.4 Å². The maximum Gasteiger partial charge on any atom is 0.244 e. The second kappa shape index (κ2) is 8.49. The molecule has 1 aliphatic heterocycles. The highest BCUT2D eigenvalue weighted by Crippen LogP contribution is 2.31. The molecule has 1 heterocycles. The van der Waals surface area contributed by atoms with Gasteiger partial charge in [0.15, 0.2) is 0 Å². The number of amides is 1. The van der Waals surface area contributed by atoms with Gasteiger partial charge in [-0.1, -0.05) is 35.3 Å². The molecule has 9 heteroatoms. The van der Waals surface area contributed by atoms with Gasteiger partial charge < -0.3 is 5.32 Å². The summed E-state index contributed by atoms with van der Waals surface area (Å²) in [6.07, 6.45) is 1.21. The summed E-state index contributed by atoms with van der Waals surface area (Å²) >= 11 is 15.4. The minimum absolute atomic E-state index is 0.0384. The zero-order valence-electron chi connectivity index (χ0n) is 14.2. The molecule has 1 N–H and O–H groups in total. The summed E-state index contributed by atoms with van der Waals surface area (Å²) in [5.74, 6) is -0.655. The van der Waals surface area contributed by atoms with Crippen molar-refractivity contribution in [3.05, 3.63) is 57.0 Å². The van der Waals surface area contributed by atoms with Crippen LogP contribution in [0.4, 0.5) is 5.69 Å². The van der Waals surface area contributed by atoms with Gasteiger partial charge in [-0.15, -0.1) is 0 Å². The number of hydrogen-bond donors (Lipinski definition) is 1. The third-order valence-electron chi connectivity index (χ3n) is 4.40. The number of hydrogen-bond acceptors (Lipinski definition) is 3. The summed E-state index contributed by atoms with van der Waals surface area (Å²) in [6, 6.07) is 11.6. The number of piperidine rings is 1. The van der Waals surface area contributed by atoms with E-state index in [1.807, 2.05) is 18.2 Å². The van der Waals surface area contributed by atoms with Crippen LogP contribution >= 0.6 is 39.1 Å². The number of halogens is 3. The lowest BCUT2D eigenvalue weighted by molar-refractivity contribution is -0.120. The minimum atomic E-state index is -3.83. The van der Waals surface area contributed by atoms with Gasteiger partial charge in [-0.25, -0.2) is 8.42 Å². The van der Waals surface area contributed by atoms with Gasteiger partial charge in [0.25, 0.3) is 0 Å². The predicted octanol–water partition coefficient (Wildman–Crippen LogP) is 4.80. The molecule has 0 bridgehead atoms. The molecule has 1 saturated heterocycles. The Morgan fingerprint density at radius 2 is 1.93 bits per heavy atom. The lowest BCUT2D eigenvalue weighted by Gasteiger charge is -2.31. The SMILES string of the molecule is O=C(Nc1ccccc1Br)[C@@H]1CCCN(S(=O)(=O)c2cc(Cl)ccc2Cl)C1. The normalized spacial score (nSPS) is 18.3. The molecular weight excluding hydrogens is 475 g/mol. The van der Waals surface area contributed by atoms with Crippen molar-refractivity contribution in [1.82, 2.24) is 4.31 Å². The summed E-state index contributed by atoms with van der Waals surface area (Å²) in [4.78, 5) is 12.6. The largest absolute Gasteiger partial charge is 0.325 e. The molecule has 27 heavy (non-hydrogen) atoms. The van der Waals surface area contributed by atoms with Crippen molar-refractivity contribution in [3.63, 3.8) is 0 Å². The first-order chi connectivity index (χ1) is 12.8. The molecule has 144 valence electrons. The number of para-hydroxylation sites is 1. The Morgan fingerprint density at radius 1 is 1.19 bits per heavy atom. The molecule has 0 unspecified atom stereocenters. The number of anilines is 1. The highest BCUT2D eigenvalue weighted by atomic mass is 79.9. The average Bonchev–Trinajstić information content (AvgIpc) is 2.65. The van der Waals surface area contributed by atoms with Crippen molar-refractivity contribution in [3.8, 4) is 0 Å². The molecule has 0 aliphatic carbocycles. The second-order valence-electron chi connectivity index (χ2n) is 6.25. The van der Waals surface area contributed by atoms with Crippen LogP contribution in [0.15, 0.2) is 51.8 Å². The van der Waals surface area contributed by atoms with Gasteiger partial charge in [0.1, 0.15) is 4.90 Å². The number of carbonyl (C=O) groups is 1. The highest BCUT2D eigenvalue weighted by Gasteiger charge is 2.34. The standard InChI is InChI=1S/C18H17BrCl2N2O3S/c19-14-5-1-2-6-16(14)22-18(24)12-4-3-9-23(11-12)27(25,26)17-10-13(20)7-8-15(17)21/h1-2,5-8,10,12H,3-4,9,11H2,(H,22,24)/t12-/m1/s1. The number of rotatable bonds is 4. The zero-order valence-corrected chi connectivity index (χ0v) is 18.1. The van der Waals surface area contributed by atoms with E-state index in [1.165, 1.54) is 22.5 Å². The number of nitrogens with zero attached hydrogens (tertiary/aromatic N) is 1. The summed E-state index contributed by atoms with van der Waals surface area (Å²) in [6.45, 7) is 0.436. The number of nitrogens with one attached hydrogen (secondary N) is 1. The van der Waals surface area contributed by atoms with Crippen molar-refractivity contribution in [1.29, 1.82) is 0 Å². The van der Waals surface area contributed by atoms with Crippen LogP contribution in [-0.4, -0.2) is 31.7 Å². The van der Waals surface area contributed by atoms with Crippen molar-refractivity contribution in [2.24, 2.45) is 5.92 Å². The third kappa shape index (κ3) is 4.66. The van der Waals surface area contributed by atoms with E-state index in [0.717, 1.165) is 4.47 Å². The fraction of sp³-hybridized carbons (Fsp3) is 0.278. The third-order valence-corrected chi connectivity index (χ3v) is 7.67. The second-order valence-corrected chi connectivity index (χ2v) is 9.85. The van der Waals surface area contributed by atoms with E-state index in [1.54, 1.807) is 6.07 Å². The molecule has 5 nitrogen and oxygen atoms in total. The molecule has 3 rings (SSSR count). The monoisotopic (exact) mass is 490 g/mol. The Hall–Kier alpha value is -1.12. The first kappa shape index (κ1) is 20.6. The molecule has 0 spiro atoms. The summed E-state index contributed by atoms with van der Waals surface area (Å²) in [5, 5.41) is 3.26. The van der Waals surface area contributed by atoms with Crippen LogP contribution in [0, 0.1) is 5.92 Å². The van der Waals surface area contributed by atoms with E-state index in [9.17, 15) is 13.2 Å². The Morgan fingerprint density at radius 3 is 2.67 bits per heavy atom. The van der Waals surface area contributed by atoms with Gasteiger partial charge in [0.2, 0.25) is 15.9 Å². The van der Waals surface area contributed by atoms with Crippen LogP contribution in [-0.2, 0) is 14.8 Å². The van der Waals surface area contributed by atoms with Crippen LogP contribution in [0.25, 0.3) is 0 Å². The first-order valence-corrected chi connectivity index (χ1v) is 11.3. The Kier molecular flexibility index (Phi) is 6.48. The van der Waals surface area contributed by atoms with Crippen LogP contribution in [0.3, 0.4) is 0 Å². The Bertz CT molecular complexity index is 969. The van der Waals surface area contributed by atoms with Crippen LogP contribution in [0.1, 0.15) is 12.8 Å². The summed E-state index contributed by atoms with van der Waals surface area (Å²) in [5.41, 5.74) is 0.653. The zero-order chi connectivity index (χ0) is 19.6. The number of sulfonamides is 1. The molecule has 1 aliphatic rings. The fourth-order valence-electron chi connectivity index (χ4n) is 2.99. The molecule has 0 radical (unpaired) electrons. The van der Waals surface area contributed by atoms with Gasteiger partial charge in [-0.3, -0.25) is 4.79 Å². The Balaban J connectivity index is 1.78. The number of benzene rings is 2. The van der Waals surface area contributed by atoms with Crippen LogP contribution < -0.4 is 5.32 Å². The number of carbonyl (C=O) groups excluding carboxylic acids is 1. The van der Waals surface area contributed by atoms with E-state index >= 15 is 0 Å². The molecule has 1 atom stereocenters. The minimum Gasteiger partial charge on any atom is -0.325 e. The van der Waals surface area contributed by atoms with E-state index in [0.29, 0.717) is 30.1 Å². The lowest BCUT2D eigenvalue weighted by Crippen LogP contribution is -2.43. The van der Waals surface area contributed by atoms with E-state index in [-0.39, 0.29) is 22.4 Å². The average molecular weight is 492 g/mol. The molecule has 2 aromatic rings. The maximum atomic E-state index is 13.0. The fourth-order valence-corrected chi connectivity index (χ4v) is 5.63. The van der Waals surface area contributed by atoms with Gasteiger partial charge >= 0.3 is 0 Å².